The Morgan fingerprint density at radius 2 is 1.52 bits per heavy atom. The first-order chi connectivity index (χ1) is 10.6. The van der Waals surface area contributed by atoms with Crippen LogP contribution in [0.15, 0.2) is 42.7 Å². The fourth-order valence-electron chi connectivity index (χ4n) is 2.72. The Labute approximate surface area is 141 Å². The molecule has 0 fully saturated rings. The minimum atomic E-state index is 0.0951. The molecule has 2 rings (SSSR count). The highest BCUT2D eigenvalue weighted by Crippen LogP contribution is 2.24. The van der Waals surface area contributed by atoms with Gasteiger partial charge >= 0.3 is 0 Å². The minimum absolute atomic E-state index is 0.0951. The molecule has 1 aromatic carbocycles. The van der Waals surface area contributed by atoms with Crippen LogP contribution < -0.4 is 5.32 Å². The maximum Gasteiger partial charge on any atom is 0.0344 e. The van der Waals surface area contributed by atoms with Crippen molar-refractivity contribution in [2.45, 2.75) is 66.5 Å². The molecule has 2 nitrogen and oxygen atoms in total. The summed E-state index contributed by atoms with van der Waals surface area (Å²) in [4.78, 5) is 0. The van der Waals surface area contributed by atoms with Crippen molar-refractivity contribution in [2.75, 3.05) is 5.32 Å². The van der Waals surface area contributed by atoms with Crippen LogP contribution >= 0.6 is 0 Å². The third-order valence-corrected chi connectivity index (χ3v) is 3.83. The molecule has 23 heavy (non-hydrogen) atoms. The van der Waals surface area contributed by atoms with Crippen LogP contribution in [-0.2, 0) is 6.54 Å². The first-order valence-corrected chi connectivity index (χ1v) is 8.67. The molecule has 0 atom stereocenters. The van der Waals surface area contributed by atoms with E-state index in [9.17, 15) is 0 Å². The van der Waals surface area contributed by atoms with E-state index in [-0.39, 0.29) is 5.54 Å². The van der Waals surface area contributed by atoms with E-state index in [1.165, 1.54) is 29.7 Å². The van der Waals surface area contributed by atoms with E-state index in [4.69, 9.17) is 0 Å². The van der Waals surface area contributed by atoms with Crippen molar-refractivity contribution in [2.24, 2.45) is 5.41 Å². The maximum absolute atomic E-state index is 3.50. The van der Waals surface area contributed by atoms with Crippen molar-refractivity contribution in [3.05, 3.63) is 42.7 Å². The first-order valence-electron chi connectivity index (χ1n) is 8.67. The second-order valence-electron chi connectivity index (χ2n) is 8.75. The molecule has 0 radical (unpaired) electrons. The van der Waals surface area contributed by atoms with Gasteiger partial charge in [-0.15, -0.1) is 0 Å². The smallest absolute Gasteiger partial charge is 0.0344 e. The van der Waals surface area contributed by atoms with Crippen LogP contribution in [-0.4, -0.2) is 10.1 Å². The van der Waals surface area contributed by atoms with Crippen molar-refractivity contribution in [3.63, 3.8) is 0 Å². The van der Waals surface area contributed by atoms with Crippen LogP contribution in [0.1, 0.15) is 54.4 Å². The highest BCUT2D eigenvalue weighted by Gasteiger charge is 2.10. The summed E-state index contributed by atoms with van der Waals surface area (Å²) >= 11 is 0. The van der Waals surface area contributed by atoms with Crippen LogP contribution in [0.3, 0.4) is 0 Å². The number of aromatic nitrogens is 1. The van der Waals surface area contributed by atoms with Gasteiger partial charge < -0.3 is 9.88 Å². The Balaban J connectivity index is 1.97. The lowest BCUT2D eigenvalue weighted by atomic mass is 9.91. The molecule has 2 heteroatoms. The van der Waals surface area contributed by atoms with Gasteiger partial charge in [0.25, 0.3) is 0 Å². The molecule has 0 saturated carbocycles. The number of rotatable bonds is 5. The van der Waals surface area contributed by atoms with Gasteiger partial charge in [-0.05, 0) is 68.4 Å². The Morgan fingerprint density at radius 3 is 2.09 bits per heavy atom. The third kappa shape index (κ3) is 6.13. The lowest BCUT2D eigenvalue weighted by Gasteiger charge is -2.22. The molecule has 1 N–H and O–H groups in total. The van der Waals surface area contributed by atoms with Crippen LogP contribution in [0.5, 0.6) is 0 Å². The van der Waals surface area contributed by atoms with Crippen molar-refractivity contribution in [3.8, 4) is 11.1 Å². The van der Waals surface area contributed by atoms with Gasteiger partial charge in [-0.3, -0.25) is 0 Å². The van der Waals surface area contributed by atoms with Gasteiger partial charge in [-0.25, -0.2) is 0 Å². The van der Waals surface area contributed by atoms with E-state index in [1.54, 1.807) is 0 Å². The van der Waals surface area contributed by atoms with E-state index >= 15 is 0 Å². The van der Waals surface area contributed by atoms with E-state index in [0.717, 1.165) is 6.54 Å². The Kier molecular flexibility index (Phi) is 5.23. The van der Waals surface area contributed by atoms with Gasteiger partial charge in [0.05, 0.1) is 0 Å². The average molecular weight is 313 g/mol. The van der Waals surface area contributed by atoms with Gasteiger partial charge in [0.1, 0.15) is 0 Å². The summed E-state index contributed by atoms with van der Waals surface area (Å²) in [5.74, 6) is 0. The Hall–Kier alpha value is -1.70. The number of nitrogens with zero attached hydrogens (tertiary/aromatic N) is 1. The summed E-state index contributed by atoms with van der Waals surface area (Å²) in [7, 11) is 0. The third-order valence-electron chi connectivity index (χ3n) is 3.83. The minimum Gasteiger partial charge on any atom is -0.380 e. The fraction of sp³-hybridized carbons (Fsp3) is 0.524. The van der Waals surface area contributed by atoms with Gasteiger partial charge in [-0.2, -0.15) is 0 Å². The second kappa shape index (κ2) is 6.82. The lowest BCUT2D eigenvalue weighted by molar-refractivity contribution is 0.353. The van der Waals surface area contributed by atoms with Crippen LogP contribution in [0, 0.1) is 5.41 Å². The van der Waals surface area contributed by atoms with E-state index in [2.05, 4.69) is 94.2 Å². The fourth-order valence-corrected chi connectivity index (χ4v) is 2.72. The highest BCUT2D eigenvalue weighted by atomic mass is 14.9. The van der Waals surface area contributed by atoms with Crippen molar-refractivity contribution in [1.29, 1.82) is 0 Å². The molecule has 1 heterocycles. The Morgan fingerprint density at radius 1 is 0.870 bits per heavy atom. The summed E-state index contributed by atoms with van der Waals surface area (Å²) in [6.45, 7) is 14.6. The zero-order chi connectivity index (χ0) is 17.1. The predicted octanol–water partition coefficient (Wildman–Crippen LogP) is 6.19. The van der Waals surface area contributed by atoms with Crippen LogP contribution in [0.4, 0.5) is 5.69 Å². The molecule has 2 aromatic rings. The quantitative estimate of drug-likeness (QED) is 0.696. The molecule has 0 unspecified atom stereocenters. The number of hydrogen-bond donors (Lipinski definition) is 1. The standard InChI is InChI=1S/C21H32N2/c1-20(2,3)13-7-14-23-15-12-18(16-23)17-8-10-19(11-9-17)22-21(4,5)6/h8-12,15-16,22H,7,13-14H2,1-6H3. The summed E-state index contributed by atoms with van der Waals surface area (Å²) < 4.78 is 2.31. The topological polar surface area (TPSA) is 17.0 Å². The number of hydrogen-bond acceptors (Lipinski definition) is 1. The molecular formula is C21H32N2. The van der Waals surface area contributed by atoms with Gasteiger partial charge in [0, 0.05) is 30.2 Å². The molecule has 0 amide bonds. The zero-order valence-electron chi connectivity index (χ0n) is 15.6. The van der Waals surface area contributed by atoms with Crippen molar-refractivity contribution in [1.82, 2.24) is 4.57 Å². The highest BCUT2D eigenvalue weighted by molar-refractivity contribution is 5.65. The predicted molar refractivity (Wildman–Crippen MR) is 102 cm³/mol. The largest absolute Gasteiger partial charge is 0.380 e. The van der Waals surface area contributed by atoms with Crippen LogP contribution in [0.25, 0.3) is 11.1 Å². The maximum atomic E-state index is 3.50. The monoisotopic (exact) mass is 312 g/mol. The first kappa shape index (κ1) is 17.7. The number of benzene rings is 1. The van der Waals surface area contributed by atoms with Gasteiger partial charge in [0.15, 0.2) is 0 Å². The molecule has 0 aliphatic rings. The number of nitrogens with one attached hydrogen (secondary N) is 1. The second-order valence-corrected chi connectivity index (χ2v) is 8.75. The van der Waals surface area contributed by atoms with Crippen LogP contribution in [0.2, 0.25) is 0 Å². The van der Waals surface area contributed by atoms with Gasteiger partial charge in [-0.1, -0.05) is 32.9 Å². The summed E-state index contributed by atoms with van der Waals surface area (Å²) in [6.07, 6.45) is 6.94. The molecule has 0 saturated heterocycles. The SMILES string of the molecule is CC(C)(C)CCCn1ccc(-c2ccc(NC(C)(C)C)cc2)c1. The van der Waals surface area contributed by atoms with Gasteiger partial charge in [0.2, 0.25) is 0 Å². The summed E-state index contributed by atoms with van der Waals surface area (Å²) in [6, 6.07) is 10.9. The molecule has 1 aromatic heterocycles. The normalized spacial score (nSPS) is 12.4. The van der Waals surface area contributed by atoms with Crippen molar-refractivity contribution < 1.29 is 0 Å². The molecular weight excluding hydrogens is 280 g/mol. The van der Waals surface area contributed by atoms with Crippen molar-refractivity contribution >= 4 is 5.69 Å². The van der Waals surface area contributed by atoms with E-state index < -0.39 is 0 Å². The zero-order valence-corrected chi connectivity index (χ0v) is 15.6. The number of aryl methyl sites for hydroxylation is 1. The lowest BCUT2D eigenvalue weighted by Crippen LogP contribution is -2.25. The number of anilines is 1. The molecule has 0 aliphatic heterocycles. The van der Waals surface area contributed by atoms with E-state index in [0.29, 0.717) is 5.41 Å². The molecule has 0 spiro atoms. The summed E-state index contributed by atoms with van der Waals surface area (Å²) in [5, 5.41) is 3.50. The summed E-state index contributed by atoms with van der Waals surface area (Å²) in [5.41, 5.74) is 4.26. The molecule has 0 bridgehead atoms. The molecule has 126 valence electrons. The average Bonchev–Trinajstić information content (AvgIpc) is 2.85. The van der Waals surface area contributed by atoms with E-state index in [1.807, 2.05) is 0 Å². The Bertz CT molecular complexity index is 607. The molecule has 0 aliphatic carbocycles.